The third kappa shape index (κ3) is 6.38. The van der Waals surface area contributed by atoms with Gasteiger partial charge in [-0.25, -0.2) is 4.79 Å². The quantitative estimate of drug-likeness (QED) is 0.468. The van der Waals surface area contributed by atoms with E-state index in [-0.39, 0.29) is 5.97 Å². The molecule has 0 radical (unpaired) electrons. The summed E-state index contributed by atoms with van der Waals surface area (Å²) in [7, 11) is 0. The molecule has 0 aliphatic carbocycles. The van der Waals surface area contributed by atoms with E-state index in [0.29, 0.717) is 18.4 Å². The molecule has 76 valence electrons. The fourth-order valence-corrected chi connectivity index (χ4v) is 1.20. The van der Waals surface area contributed by atoms with Crippen LogP contribution in [0.2, 0.25) is 0 Å². The topological polar surface area (TPSA) is 26.3 Å². The number of rotatable bonds is 6. The van der Waals surface area contributed by atoms with Crippen molar-refractivity contribution in [3.63, 3.8) is 0 Å². The molecular formula is C11H20O2. The first-order valence-electron chi connectivity index (χ1n) is 4.89. The Bertz CT molecular complexity index is 163. The highest BCUT2D eigenvalue weighted by atomic mass is 16.5. The minimum Gasteiger partial charge on any atom is -0.462 e. The second-order valence-corrected chi connectivity index (χ2v) is 3.69. The van der Waals surface area contributed by atoms with Gasteiger partial charge in [-0.15, -0.1) is 0 Å². The summed E-state index contributed by atoms with van der Waals surface area (Å²) in [6, 6.07) is 0. The van der Waals surface area contributed by atoms with Crippen molar-refractivity contribution in [3.05, 3.63) is 12.7 Å². The lowest BCUT2D eigenvalue weighted by atomic mass is 9.96. The molecule has 0 saturated heterocycles. The third-order valence-corrected chi connectivity index (χ3v) is 2.18. The van der Waals surface area contributed by atoms with Gasteiger partial charge in [0.2, 0.25) is 0 Å². The van der Waals surface area contributed by atoms with Crippen LogP contribution in [0.1, 0.15) is 33.6 Å². The van der Waals surface area contributed by atoms with Crippen molar-refractivity contribution in [2.75, 3.05) is 6.61 Å². The molecule has 2 nitrogen and oxygen atoms in total. The van der Waals surface area contributed by atoms with Gasteiger partial charge in [-0.05, 0) is 18.3 Å². The lowest BCUT2D eigenvalue weighted by molar-refractivity contribution is -0.139. The smallest absolute Gasteiger partial charge is 0.330 e. The van der Waals surface area contributed by atoms with E-state index in [0.717, 1.165) is 6.42 Å². The standard InChI is InChI=1S/C11H20O2/c1-5-9(3)7-10(4)8-13-11(12)6-2/h6,9-10H,2,5,7-8H2,1,3-4H3. The molecule has 13 heavy (non-hydrogen) atoms. The van der Waals surface area contributed by atoms with E-state index in [4.69, 9.17) is 4.74 Å². The average Bonchev–Trinajstić information content (AvgIpc) is 2.13. The Hall–Kier alpha value is -0.790. The lowest BCUT2D eigenvalue weighted by Gasteiger charge is -2.15. The number of ether oxygens (including phenoxy) is 1. The third-order valence-electron chi connectivity index (χ3n) is 2.18. The predicted molar refractivity (Wildman–Crippen MR) is 54.4 cm³/mol. The maximum Gasteiger partial charge on any atom is 0.330 e. The molecule has 2 unspecified atom stereocenters. The maximum atomic E-state index is 10.7. The van der Waals surface area contributed by atoms with Crippen LogP contribution < -0.4 is 0 Å². The van der Waals surface area contributed by atoms with Gasteiger partial charge in [-0.2, -0.15) is 0 Å². The van der Waals surface area contributed by atoms with Gasteiger partial charge < -0.3 is 4.74 Å². The summed E-state index contributed by atoms with van der Waals surface area (Å²) in [5, 5.41) is 0. The molecule has 0 bridgehead atoms. The summed E-state index contributed by atoms with van der Waals surface area (Å²) in [5.74, 6) is 0.826. The van der Waals surface area contributed by atoms with E-state index in [1.54, 1.807) is 0 Å². The number of esters is 1. The monoisotopic (exact) mass is 184 g/mol. The molecule has 0 aliphatic heterocycles. The normalized spacial score (nSPS) is 14.7. The van der Waals surface area contributed by atoms with Gasteiger partial charge in [0.15, 0.2) is 0 Å². The van der Waals surface area contributed by atoms with Gasteiger partial charge >= 0.3 is 5.97 Å². The zero-order valence-corrected chi connectivity index (χ0v) is 8.88. The largest absolute Gasteiger partial charge is 0.462 e. The maximum absolute atomic E-state index is 10.7. The Balaban J connectivity index is 3.56. The number of hydrogen-bond donors (Lipinski definition) is 0. The first-order valence-corrected chi connectivity index (χ1v) is 4.89. The van der Waals surface area contributed by atoms with E-state index >= 15 is 0 Å². The summed E-state index contributed by atoms with van der Waals surface area (Å²) < 4.78 is 4.94. The summed E-state index contributed by atoms with van der Waals surface area (Å²) in [6.07, 6.45) is 3.50. The SMILES string of the molecule is C=CC(=O)OCC(C)CC(C)CC. The summed E-state index contributed by atoms with van der Waals surface area (Å²) in [4.78, 5) is 10.7. The lowest BCUT2D eigenvalue weighted by Crippen LogP contribution is -2.12. The first kappa shape index (κ1) is 12.2. The first-order chi connectivity index (χ1) is 6.10. The van der Waals surface area contributed by atoms with Crippen molar-refractivity contribution in [1.82, 2.24) is 0 Å². The van der Waals surface area contributed by atoms with Gasteiger partial charge in [0, 0.05) is 6.08 Å². The van der Waals surface area contributed by atoms with Gasteiger partial charge in [0.1, 0.15) is 0 Å². The highest BCUT2D eigenvalue weighted by Crippen LogP contribution is 2.14. The molecule has 0 aromatic heterocycles. The fraction of sp³-hybridized carbons (Fsp3) is 0.727. The van der Waals surface area contributed by atoms with E-state index < -0.39 is 0 Å². The van der Waals surface area contributed by atoms with E-state index in [9.17, 15) is 4.79 Å². The van der Waals surface area contributed by atoms with Crippen LogP contribution in [0.5, 0.6) is 0 Å². The van der Waals surface area contributed by atoms with Crippen LogP contribution in [-0.2, 0) is 9.53 Å². The highest BCUT2D eigenvalue weighted by Gasteiger charge is 2.08. The molecule has 0 aromatic carbocycles. The van der Waals surface area contributed by atoms with Crippen molar-refractivity contribution in [2.45, 2.75) is 33.6 Å². The van der Waals surface area contributed by atoms with Crippen LogP contribution in [0.25, 0.3) is 0 Å². The number of hydrogen-bond acceptors (Lipinski definition) is 2. The minimum absolute atomic E-state index is 0.323. The molecule has 2 heteroatoms. The molecule has 0 N–H and O–H groups in total. The molecule has 0 spiro atoms. The molecule has 0 aromatic rings. The summed E-state index contributed by atoms with van der Waals surface area (Å²) in [5.41, 5.74) is 0. The molecule has 0 amide bonds. The molecular weight excluding hydrogens is 164 g/mol. The molecule has 0 fully saturated rings. The molecule has 0 saturated carbocycles. The predicted octanol–water partition coefficient (Wildman–Crippen LogP) is 2.79. The molecule has 0 heterocycles. The van der Waals surface area contributed by atoms with Crippen LogP contribution in [0.15, 0.2) is 12.7 Å². The van der Waals surface area contributed by atoms with Crippen molar-refractivity contribution in [2.24, 2.45) is 11.8 Å². The molecule has 0 aliphatic rings. The van der Waals surface area contributed by atoms with Crippen molar-refractivity contribution >= 4 is 5.97 Å². The van der Waals surface area contributed by atoms with Crippen LogP contribution in [0, 0.1) is 11.8 Å². The Morgan fingerprint density at radius 1 is 1.46 bits per heavy atom. The minimum atomic E-state index is -0.323. The van der Waals surface area contributed by atoms with E-state index in [1.807, 2.05) is 0 Å². The van der Waals surface area contributed by atoms with Gasteiger partial charge in [0.05, 0.1) is 6.61 Å². The van der Waals surface area contributed by atoms with Crippen LogP contribution in [0.3, 0.4) is 0 Å². The Labute approximate surface area is 81.0 Å². The second kappa shape index (κ2) is 6.70. The highest BCUT2D eigenvalue weighted by molar-refractivity contribution is 5.81. The van der Waals surface area contributed by atoms with Gasteiger partial charge in [-0.1, -0.05) is 33.8 Å². The number of carbonyl (C=O) groups excluding carboxylic acids is 1. The Morgan fingerprint density at radius 3 is 2.54 bits per heavy atom. The molecule has 2 atom stereocenters. The summed E-state index contributed by atoms with van der Waals surface area (Å²) >= 11 is 0. The van der Waals surface area contributed by atoms with Crippen molar-refractivity contribution < 1.29 is 9.53 Å². The zero-order valence-electron chi connectivity index (χ0n) is 8.88. The van der Waals surface area contributed by atoms with Crippen molar-refractivity contribution in [3.8, 4) is 0 Å². The number of carbonyl (C=O) groups is 1. The van der Waals surface area contributed by atoms with Crippen molar-refractivity contribution in [1.29, 1.82) is 0 Å². The zero-order chi connectivity index (χ0) is 10.3. The summed E-state index contributed by atoms with van der Waals surface area (Å²) in [6.45, 7) is 10.3. The fourth-order valence-electron chi connectivity index (χ4n) is 1.20. The van der Waals surface area contributed by atoms with Gasteiger partial charge in [0.25, 0.3) is 0 Å². The van der Waals surface area contributed by atoms with Crippen LogP contribution in [0.4, 0.5) is 0 Å². The van der Waals surface area contributed by atoms with E-state index in [2.05, 4.69) is 27.4 Å². The molecule has 0 rings (SSSR count). The van der Waals surface area contributed by atoms with Gasteiger partial charge in [-0.3, -0.25) is 0 Å². The van der Waals surface area contributed by atoms with E-state index in [1.165, 1.54) is 12.5 Å². The second-order valence-electron chi connectivity index (χ2n) is 3.69. The van der Waals surface area contributed by atoms with Crippen LogP contribution >= 0.6 is 0 Å². The van der Waals surface area contributed by atoms with Crippen LogP contribution in [-0.4, -0.2) is 12.6 Å². The Kier molecular flexibility index (Phi) is 6.29. The average molecular weight is 184 g/mol. The Morgan fingerprint density at radius 2 is 2.08 bits per heavy atom.